The molecule has 2 rings (SSSR count). The molecule has 1 heterocycles. The maximum atomic E-state index is 12.5. The molecule has 0 saturated heterocycles. The Kier molecular flexibility index (Phi) is 3.89. The van der Waals surface area contributed by atoms with Crippen LogP contribution in [0.1, 0.15) is 43.3 Å². The van der Waals surface area contributed by atoms with E-state index in [1.165, 1.54) is 7.11 Å². The predicted octanol–water partition coefficient (Wildman–Crippen LogP) is 2.64. The summed E-state index contributed by atoms with van der Waals surface area (Å²) in [5, 5.41) is 3.89. The largest absolute Gasteiger partial charge is 0.408 e. The Labute approximate surface area is 103 Å². The molecule has 0 N–H and O–H groups in total. The molecule has 102 valence electrons. The normalized spacial score (nSPS) is 17.6. The lowest BCUT2D eigenvalue weighted by Crippen LogP contribution is -2.21. The van der Waals surface area contributed by atoms with Gasteiger partial charge in [0.2, 0.25) is 0 Å². The molecule has 0 bridgehead atoms. The summed E-state index contributed by atoms with van der Waals surface area (Å²) >= 11 is 0. The van der Waals surface area contributed by atoms with Crippen LogP contribution in [0.4, 0.5) is 13.2 Å². The van der Waals surface area contributed by atoms with Gasteiger partial charge in [-0.2, -0.15) is 18.3 Å². The summed E-state index contributed by atoms with van der Waals surface area (Å²) in [6.07, 6.45) is -0.399. The van der Waals surface area contributed by atoms with Crippen molar-refractivity contribution in [1.82, 2.24) is 14.8 Å². The molecular weight excluding hydrogens is 247 g/mol. The van der Waals surface area contributed by atoms with Crippen LogP contribution in [0.3, 0.4) is 0 Å². The Morgan fingerprint density at radius 2 is 2.00 bits per heavy atom. The van der Waals surface area contributed by atoms with Crippen LogP contribution in [0.25, 0.3) is 0 Å². The summed E-state index contributed by atoms with van der Waals surface area (Å²) in [7, 11) is 1.47. The third-order valence-corrected chi connectivity index (χ3v) is 3.07. The van der Waals surface area contributed by atoms with E-state index < -0.39 is 12.7 Å². The Morgan fingerprint density at radius 1 is 1.33 bits per heavy atom. The van der Waals surface area contributed by atoms with Crippen LogP contribution in [0.5, 0.6) is 0 Å². The first-order valence-corrected chi connectivity index (χ1v) is 5.99. The standard InChI is InChI=1S/C11H16F3N3O/c1-18-6-9-15-10(8-4-2-3-5-8)17(16-9)7-11(12,13)14/h8H,2-7H2,1H3. The highest BCUT2D eigenvalue weighted by Crippen LogP contribution is 2.33. The van der Waals surface area contributed by atoms with Crippen molar-refractivity contribution in [3.05, 3.63) is 11.6 Å². The monoisotopic (exact) mass is 263 g/mol. The molecule has 1 aromatic heterocycles. The van der Waals surface area contributed by atoms with Crippen molar-refractivity contribution < 1.29 is 17.9 Å². The molecule has 0 unspecified atom stereocenters. The highest BCUT2D eigenvalue weighted by molar-refractivity contribution is 5.02. The molecule has 0 amide bonds. The van der Waals surface area contributed by atoms with E-state index in [1.54, 1.807) is 0 Å². The minimum Gasteiger partial charge on any atom is -0.377 e. The summed E-state index contributed by atoms with van der Waals surface area (Å²) in [6, 6.07) is 0. The van der Waals surface area contributed by atoms with Gasteiger partial charge in [-0.15, -0.1) is 0 Å². The molecule has 0 aromatic carbocycles. The number of hydrogen-bond acceptors (Lipinski definition) is 3. The van der Waals surface area contributed by atoms with Gasteiger partial charge in [0.05, 0.1) is 0 Å². The average Bonchev–Trinajstić information content (AvgIpc) is 2.85. The lowest BCUT2D eigenvalue weighted by atomic mass is 10.1. The number of hydrogen-bond donors (Lipinski definition) is 0. The van der Waals surface area contributed by atoms with Crippen molar-refractivity contribution in [1.29, 1.82) is 0 Å². The zero-order valence-corrected chi connectivity index (χ0v) is 10.2. The number of nitrogens with zero attached hydrogens (tertiary/aromatic N) is 3. The van der Waals surface area contributed by atoms with Crippen molar-refractivity contribution in [2.45, 2.75) is 50.9 Å². The van der Waals surface area contributed by atoms with Gasteiger partial charge >= 0.3 is 6.18 Å². The molecule has 1 saturated carbocycles. The zero-order valence-electron chi connectivity index (χ0n) is 10.2. The summed E-state index contributed by atoms with van der Waals surface area (Å²) < 4.78 is 43.3. The molecule has 18 heavy (non-hydrogen) atoms. The van der Waals surface area contributed by atoms with Gasteiger partial charge in [-0.25, -0.2) is 9.67 Å². The second kappa shape index (κ2) is 5.26. The lowest BCUT2D eigenvalue weighted by molar-refractivity contribution is -0.143. The van der Waals surface area contributed by atoms with Crippen molar-refractivity contribution >= 4 is 0 Å². The minimum absolute atomic E-state index is 0.102. The molecule has 0 atom stereocenters. The van der Waals surface area contributed by atoms with Crippen molar-refractivity contribution in [2.24, 2.45) is 0 Å². The second-order valence-corrected chi connectivity index (χ2v) is 4.57. The number of alkyl halides is 3. The van der Waals surface area contributed by atoms with Crippen LogP contribution in [-0.2, 0) is 17.9 Å². The van der Waals surface area contributed by atoms with Crippen molar-refractivity contribution in [3.63, 3.8) is 0 Å². The van der Waals surface area contributed by atoms with Gasteiger partial charge in [0.25, 0.3) is 0 Å². The van der Waals surface area contributed by atoms with E-state index >= 15 is 0 Å². The van der Waals surface area contributed by atoms with Gasteiger partial charge < -0.3 is 4.74 Å². The highest BCUT2D eigenvalue weighted by Gasteiger charge is 2.32. The van der Waals surface area contributed by atoms with Crippen LogP contribution in [-0.4, -0.2) is 28.1 Å². The molecule has 1 aromatic rings. The third-order valence-electron chi connectivity index (χ3n) is 3.07. The van der Waals surface area contributed by atoms with Crippen LogP contribution in [0.2, 0.25) is 0 Å². The van der Waals surface area contributed by atoms with E-state index in [-0.39, 0.29) is 12.5 Å². The molecule has 1 fully saturated rings. The van der Waals surface area contributed by atoms with Gasteiger partial charge in [0.15, 0.2) is 5.82 Å². The van der Waals surface area contributed by atoms with Gasteiger partial charge in [0.1, 0.15) is 19.0 Å². The van der Waals surface area contributed by atoms with Crippen LogP contribution >= 0.6 is 0 Å². The molecule has 1 aliphatic carbocycles. The molecule has 1 aliphatic rings. The molecule has 0 aliphatic heterocycles. The Hall–Kier alpha value is -1.11. The summed E-state index contributed by atoms with van der Waals surface area (Å²) in [5.74, 6) is 0.881. The second-order valence-electron chi connectivity index (χ2n) is 4.57. The first-order valence-electron chi connectivity index (χ1n) is 5.99. The number of ether oxygens (including phenoxy) is 1. The summed E-state index contributed by atoms with van der Waals surface area (Å²) in [4.78, 5) is 4.19. The van der Waals surface area contributed by atoms with Gasteiger partial charge in [0, 0.05) is 13.0 Å². The SMILES string of the molecule is COCc1nc(C2CCCC2)n(CC(F)(F)F)n1. The van der Waals surface area contributed by atoms with E-state index in [0.717, 1.165) is 30.4 Å². The number of halogens is 3. The van der Waals surface area contributed by atoms with Crippen molar-refractivity contribution in [3.8, 4) is 0 Å². The van der Waals surface area contributed by atoms with E-state index in [1.807, 2.05) is 0 Å². The first kappa shape index (κ1) is 13.3. The van der Waals surface area contributed by atoms with Gasteiger partial charge in [-0.1, -0.05) is 12.8 Å². The Bertz CT molecular complexity index is 397. The Morgan fingerprint density at radius 3 is 2.56 bits per heavy atom. The van der Waals surface area contributed by atoms with E-state index in [9.17, 15) is 13.2 Å². The van der Waals surface area contributed by atoms with Crippen molar-refractivity contribution in [2.75, 3.05) is 7.11 Å². The minimum atomic E-state index is -4.27. The fourth-order valence-corrected chi connectivity index (χ4v) is 2.37. The average molecular weight is 263 g/mol. The highest BCUT2D eigenvalue weighted by atomic mass is 19.4. The molecule has 4 nitrogen and oxygen atoms in total. The van der Waals surface area contributed by atoms with E-state index in [0.29, 0.717) is 11.6 Å². The molecule has 0 radical (unpaired) electrons. The zero-order chi connectivity index (χ0) is 13.2. The molecule has 0 spiro atoms. The maximum absolute atomic E-state index is 12.5. The predicted molar refractivity (Wildman–Crippen MR) is 58.0 cm³/mol. The fourth-order valence-electron chi connectivity index (χ4n) is 2.37. The first-order chi connectivity index (χ1) is 8.49. The number of methoxy groups -OCH3 is 1. The number of rotatable bonds is 4. The van der Waals surface area contributed by atoms with Crippen LogP contribution in [0.15, 0.2) is 0 Å². The molecule has 7 heteroatoms. The topological polar surface area (TPSA) is 39.9 Å². The number of aromatic nitrogens is 3. The van der Waals surface area contributed by atoms with E-state index in [2.05, 4.69) is 10.1 Å². The lowest BCUT2D eigenvalue weighted by Gasteiger charge is -2.12. The fraction of sp³-hybridized carbons (Fsp3) is 0.818. The van der Waals surface area contributed by atoms with Gasteiger partial charge in [-0.3, -0.25) is 0 Å². The maximum Gasteiger partial charge on any atom is 0.408 e. The third kappa shape index (κ3) is 3.22. The van der Waals surface area contributed by atoms with Crippen LogP contribution in [0, 0.1) is 0 Å². The van der Waals surface area contributed by atoms with E-state index in [4.69, 9.17) is 4.74 Å². The van der Waals surface area contributed by atoms with Gasteiger partial charge in [-0.05, 0) is 12.8 Å². The summed E-state index contributed by atoms with van der Waals surface area (Å²) in [5.41, 5.74) is 0. The smallest absolute Gasteiger partial charge is 0.377 e. The van der Waals surface area contributed by atoms with Crippen LogP contribution < -0.4 is 0 Å². The molecular formula is C11H16F3N3O. The quantitative estimate of drug-likeness (QED) is 0.838. The Balaban J connectivity index is 2.23. The summed E-state index contributed by atoms with van der Waals surface area (Å²) in [6.45, 7) is -0.930.